The molecule has 3 N–H and O–H groups in total. The van der Waals surface area contributed by atoms with Gasteiger partial charge in [0, 0.05) is 28.9 Å². The predicted molar refractivity (Wildman–Crippen MR) is 115 cm³/mol. The zero-order chi connectivity index (χ0) is 21.7. The van der Waals surface area contributed by atoms with Crippen molar-refractivity contribution >= 4 is 34.8 Å². The van der Waals surface area contributed by atoms with E-state index in [1.54, 1.807) is 31.3 Å². The lowest BCUT2D eigenvalue weighted by atomic mass is 10.0. The van der Waals surface area contributed by atoms with Crippen LogP contribution in [0, 0.1) is 0 Å². The Labute approximate surface area is 179 Å². The first kappa shape index (κ1) is 21.9. The summed E-state index contributed by atoms with van der Waals surface area (Å²) in [6.07, 6.45) is 0.467. The summed E-state index contributed by atoms with van der Waals surface area (Å²) in [4.78, 5) is 25.5. The number of nitrogens with one attached hydrogen (secondary N) is 1. The largest absolute Gasteiger partial charge is 0.469 e. The van der Waals surface area contributed by atoms with Crippen LogP contribution in [0.4, 0.5) is 5.69 Å². The number of pyridine rings is 1. The van der Waals surface area contributed by atoms with Crippen molar-refractivity contribution in [3.05, 3.63) is 58.9 Å². The number of hydrogen-bond acceptors (Lipinski definition) is 7. The molecule has 0 amide bonds. The molecule has 9 heteroatoms. The summed E-state index contributed by atoms with van der Waals surface area (Å²) in [5, 5.41) is 22.8. The number of fused-ring (bicyclic) bond motifs is 1. The quantitative estimate of drug-likeness (QED) is 0.478. The van der Waals surface area contributed by atoms with Crippen LogP contribution in [0.3, 0.4) is 0 Å². The number of nitrogens with zero attached hydrogens (tertiary/aromatic N) is 3. The van der Waals surface area contributed by atoms with Gasteiger partial charge in [0.05, 0.1) is 24.6 Å². The van der Waals surface area contributed by atoms with Gasteiger partial charge in [0.15, 0.2) is 6.29 Å². The van der Waals surface area contributed by atoms with Crippen LogP contribution in [-0.2, 0) is 9.53 Å². The van der Waals surface area contributed by atoms with Gasteiger partial charge in [-0.05, 0) is 43.7 Å². The van der Waals surface area contributed by atoms with Crippen molar-refractivity contribution in [2.45, 2.75) is 38.1 Å². The molecule has 3 rings (SSSR count). The maximum atomic E-state index is 11.8. The third-order valence-electron chi connectivity index (χ3n) is 4.63. The predicted octanol–water partition coefficient (Wildman–Crippen LogP) is 2.42. The van der Waals surface area contributed by atoms with Crippen LogP contribution >= 0.6 is 11.6 Å². The highest BCUT2D eigenvalue weighted by Crippen LogP contribution is 2.28. The number of benzodiazepines with no additional fused rings is 1. The van der Waals surface area contributed by atoms with Crippen LogP contribution in [0.1, 0.15) is 31.0 Å². The van der Waals surface area contributed by atoms with Gasteiger partial charge in [-0.3, -0.25) is 19.8 Å². The average molecular weight is 431 g/mol. The molecule has 1 aromatic carbocycles. The highest BCUT2D eigenvalue weighted by atomic mass is 35.5. The average Bonchev–Trinajstić information content (AvgIpc) is 2.89. The van der Waals surface area contributed by atoms with Crippen molar-refractivity contribution in [3.8, 4) is 0 Å². The zero-order valence-corrected chi connectivity index (χ0v) is 17.4. The third-order valence-corrected chi connectivity index (χ3v) is 4.87. The number of aliphatic imine (C=N–C) groups is 2. The minimum absolute atomic E-state index is 0.119. The van der Waals surface area contributed by atoms with Gasteiger partial charge < -0.3 is 20.3 Å². The highest BCUT2D eigenvalue weighted by molar-refractivity contribution is 6.32. The van der Waals surface area contributed by atoms with Gasteiger partial charge in [0.2, 0.25) is 0 Å². The Morgan fingerprint density at radius 2 is 2.13 bits per heavy atom. The third kappa shape index (κ3) is 5.21. The molecular formula is C21H23ClN4O4. The summed E-state index contributed by atoms with van der Waals surface area (Å²) in [6.45, 7) is 1.58. The summed E-state index contributed by atoms with van der Waals surface area (Å²) in [5.74, 6) is 0.0398. The van der Waals surface area contributed by atoms with E-state index in [0.717, 1.165) is 5.56 Å². The minimum atomic E-state index is -1.63. The molecule has 30 heavy (non-hydrogen) atoms. The molecule has 158 valence electrons. The number of halogens is 1. The Morgan fingerprint density at radius 3 is 2.80 bits per heavy atom. The molecule has 0 saturated heterocycles. The van der Waals surface area contributed by atoms with E-state index in [0.29, 0.717) is 34.4 Å². The molecule has 0 radical (unpaired) electrons. The van der Waals surface area contributed by atoms with Crippen LogP contribution in [0.2, 0.25) is 5.02 Å². The van der Waals surface area contributed by atoms with E-state index in [2.05, 4.69) is 15.3 Å². The fraction of sp³-hybridized carbons (Fsp3) is 0.333. The van der Waals surface area contributed by atoms with Crippen LogP contribution in [0.5, 0.6) is 0 Å². The minimum Gasteiger partial charge on any atom is -0.469 e. The number of benzene rings is 1. The molecule has 1 aromatic heterocycles. The number of carbonyl (C=O) groups excluding carboxylic acids is 1. The number of rotatable bonds is 6. The second-order valence-corrected chi connectivity index (χ2v) is 7.24. The molecule has 0 spiro atoms. The number of esters is 1. The van der Waals surface area contributed by atoms with E-state index in [-0.39, 0.29) is 12.4 Å². The number of ether oxygens (including phenoxy) is 1. The van der Waals surface area contributed by atoms with Gasteiger partial charge in [-0.25, -0.2) is 0 Å². The van der Waals surface area contributed by atoms with Crippen molar-refractivity contribution in [2.75, 3.05) is 12.4 Å². The second kappa shape index (κ2) is 9.80. The zero-order valence-electron chi connectivity index (χ0n) is 16.6. The Kier molecular flexibility index (Phi) is 7.15. The molecule has 1 aliphatic heterocycles. The van der Waals surface area contributed by atoms with Gasteiger partial charge in [0.1, 0.15) is 11.9 Å². The fourth-order valence-corrected chi connectivity index (χ4v) is 3.17. The van der Waals surface area contributed by atoms with E-state index in [1.165, 1.54) is 7.11 Å². The number of amidine groups is 1. The molecule has 0 aliphatic carbocycles. The van der Waals surface area contributed by atoms with Crippen LogP contribution in [0.15, 0.2) is 52.6 Å². The van der Waals surface area contributed by atoms with Crippen LogP contribution in [0.25, 0.3) is 0 Å². The molecule has 0 fully saturated rings. The molecule has 1 aliphatic rings. The lowest BCUT2D eigenvalue weighted by molar-refractivity contribution is -0.140. The summed E-state index contributed by atoms with van der Waals surface area (Å²) in [7, 11) is 1.33. The smallest absolute Gasteiger partial charge is 0.305 e. The number of hydrogen-bond donors (Lipinski definition) is 3. The molecule has 0 saturated carbocycles. The molecule has 1 unspecified atom stereocenters. The maximum absolute atomic E-state index is 11.8. The first-order valence-corrected chi connectivity index (χ1v) is 9.83. The molecule has 8 nitrogen and oxygen atoms in total. The first-order chi connectivity index (χ1) is 14.4. The van der Waals surface area contributed by atoms with Crippen LogP contribution in [-0.4, -0.2) is 58.2 Å². The maximum Gasteiger partial charge on any atom is 0.305 e. The topological polar surface area (TPSA) is 116 Å². The number of anilines is 1. The lowest BCUT2D eigenvalue weighted by Crippen LogP contribution is -2.31. The van der Waals surface area contributed by atoms with E-state index in [1.807, 2.05) is 18.2 Å². The highest BCUT2D eigenvalue weighted by Gasteiger charge is 2.27. The van der Waals surface area contributed by atoms with Gasteiger partial charge >= 0.3 is 5.97 Å². The van der Waals surface area contributed by atoms with Crippen molar-refractivity contribution in [1.29, 1.82) is 0 Å². The van der Waals surface area contributed by atoms with Gasteiger partial charge in [-0.2, -0.15) is 0 Å². The number of carbonyl (C=O) groups is 1. The number of aromatic nitrogens is 1. The van der Waals surface area contributed by atoms with Crippen molar-refractivity contribution < 1.29 is 19.7 Å². The van der Waals surface area contributed by atoms with Gasteiger partial charge in [-0.1, -0.05) is 17.7 Å². The van der Waals surface area contributed by atoms with Gasteiger partial charge in [-0.15, -0.1) is 0 Å². The van der Waals surface area contributed by atoms with E-state index < -0.39 is 18.4 Å². The number of methoxy groups -OCH3 is 1. The van der Waals surface area contributed by atoms with Crippen molar-refractivity contribution in [1.82, 2.24) is 4.98 Å². The number of aliphatic hydroxyl groups excluding tert-OH is 1. The van der Waals surface area contributed by atoms with Gasteiger partial charge in [0.25, 0.3) is 0 Å². The summed E-state index contributed by atoms with van der Waals surface area (Å²) in [6, 6.07) is 9.46. The summed E-state index contributed by atoms with van der Waals surface area (Å²) >= 11 is 6.24. The van der Waals surface area contributed by atoms with Crippen molar-refractivity contribution in [2.24, 2.45) is 9.98 Å². The standard InChI is InChI=1S/C21H23ClN4O4/c1-12(21(28)29)24-20-17(8-9-18(27)30-2)25-19(16-5-3-4-10-23-16)14-11-13(22)6-7-15(14)26-20/h3-7,10-12,17,21,28-29H,8-9H2,1-2H3,(H,24,26)/t12?,17-/m0/s1. The molecule has 0 bridgehead atoms. The normalized spacial score (nSPS) is 18.3. The Bertz CT molecular complexity index is 963. The summed E-state index contributed by atoms with van der Waals surface area (Å²) < 4.78 is 4.76. The van der Waals surface area contributed by atoms with Crippen molar-refractivity contribution in [3.63, 3.8) is 0 Å². The Hall–Kier alpha value is -2.81. The first-order valence-electron chi connectivity index (χ1n) is 9.46. The molecule has 2 atom stereocenters. The molecule has 2 heterocycles. The Balaban J connectivity index is 2.14. The molecular weight excluding hydrogens is 408 g/mol. The lowest BCUT2D eigenvalue weighted by Gasteiger charge is -2.18. The van der Waals surface area contributed by atoms with E-state index >= 15 is 0 Å². The fourth-order valence-electron chi connectivity index (χ4n) is 3.00. The summed E-state index contributed by atoms with van der Waals surface area (Å²) in [5.41, 5.74) is 2.66. The monoisotopic (exact) mass is 430 g/mol. The van der Waals surface area contributed by atoms with Crippen LogP contribution < -0.4 is 5.32 Å². The number of aliphatic hydroxyl groups is 2. The SMILES string of the molecule is COC(=O)CC[C@@H]1N=C(c2ccccn2)c2cc(Cl)ccc2NC1=NC(C)C(O)O. The second-order valence-electron chi connectivity index (χ2n) is 6.81. The molecule has 2 aromatic rings. The Morgan fingerprint density at radius 1 is 1.33 bits per heavy atom. The van der Waals surface area contributed by atoms with E-state index in [9.17, 15) is 15.0 Å². The van der Waals surface area contributed by atoms with E-state index in [4.69, 9.17) is 21.3 Å².